The van der Waals surface area contributed by atoms with Crippen molar-refractivity contribution in [3.05, 3.63) is 11.8 Å². The number of hydrogen-bond acceptors (Lipinski definition) is 2. The van der Waals surface area contributed by atoms with E-state index in [1.54, 1.807) is 0 Å². The van der Waals surface area contributed by atoms with Gasteiger partial charge in [-0.25, -0.2) is 4.68 Å². The zero-order valence-corrected chi connectivity index (χ0v) is 9.86. The van der Waals surface area contributed by atoms with Crippen LogP contribution in [0.25, 0.3) is 0 Å². The van der Waals surface area contributed by atoms with Crippen molar-refractivity contribution in [3.63, 3.8) is 0 Å². The number of rotatable bonds is 2. The summed E-state index contributed by atoms with van der Waals surface area (Å²) in [5.74, 6) is 2.16. The summed E-state index contributed by atoms with van der Waals surface area (Å²) in [5, 5.41) is 4.41. The minimum absolute atomic E-state index is 0.520. The van der Waals surface area contributed by atoms with E-state index >= 15 is 0 Å². The molecule has 3 nitrogen and oxygen atoms in total. The van der Waals surface area contributed by atoms with Gasteiger partial charge in [0.05, 0.1) is 12.8 Å². The monoisotopic (exact) mass is 208 g/mol. The van der Waals surface area contributed by atoms with Gasteiger partial charge in [-0.2, -0.15) is 5.10 Å². The maximum Gasteiger partial charge on any atom is 0.215 e. The van der Waals surface area contributed by atoms with E-state index in [-0.39, 0.29) is 0 Å². The molecular weight excluding hydrogens is 188 g/mol. The molecule has 1 aliphatic rings. The SMILES string of the molecule is CC(C)C(C)c1cnn2c1OCCCC2. The highest BCUT2D eigenvalue weighted by Gasteiger charge is 2.21. The third kappa shape index (κ3) is 2.01. The molecule has 0 saturated carbocycles. The maximum atomic E-state index is 5.79. The van der Waals surface area contributed by atoms with Gasteiger partial charge in [-0.1, -0.05) is 20.8 Å². The minimum Gasteiger partial charge on any atom is -0.478 e. The minimum atomic E-state index is 0.520. The van der Waals surface area contributed by atoms with Crippen LogP contribution in [0.2, 0.25) is 0 Å². The van der Waals surface area contributed by atoms with E-state index in [4.69, 9.17) is 4.74 Å². The molecule has 3 heteroatoms. The molecule has 0 saturated heterocycles. The number of nitrogens with zero attached hydrogens (tertiary/aromatic N) is 2. The van der Waals surface area contributed by atoms with Crippen LogP contribution in [-0.2, 0) is 6.54 Å². The molecule has 2 heterocycles. The Kier molecular flexibility index (Phi) is 2.98. The Balaban J connectivity index is 2.29. The van der Waals surface area contributed by atoms with Crippen molar-refractivity contribution in [2.45, 2.75) is 46.1 Å². The fourth-order valence-electron chi connectivity index (χ4n) is 1.91. The van der Waals surface area contributed by atoms with Gasteiger partial charge >= 0.3 is 0 Å². The Morgan fingerprint density at radius 3 is 2.87 bits per heavy atom. The summed E-state index contributed by atoms with van der Waals surface area (Å²) in [6, 6.07) is 0. The van der Waals surface area contributed by atoms with E-state index in [1.807, 2.05) is 10.9 Å². The van der Waals surface area contributed by atoms with Crippen molar-refractivity contribution >= 4 is 0 Å². The third-order valence-electron chi connectivity index (χ3n) is 3.31. The van der Waals surface area contributed by atoms with Crippen molar-refractivity contribution in [1.29, 1.82) is 0 Å². The standard InChI is InChI=1S/C12H20N2O/c1-9(2)10(3)11-8-13-14-6-4-5-7-15-12(11)14/h8-10H,4-7H2,1-3H3. The summed E-state index contributed by atoms with van der Waals surface area (Å²) in [6.45, 7) is 8.57. The Labute approximate surface area is 91.4 Å². The summed E-state index contributed by atoms with van der Waals surface area (Å²) < 4.78 is 7.81. The van der Waals surface area contributed by atoms with E-state index in [0.717, 1.165) is 25.5 Å². The second-order valence-corrected chi connectivity index (χ2v) is 4.72. The van der Waals surface area contributed by atoms with E-state index in [9.17, 15) is 0 Å². The van der Waals surface area contributed by atoms with Gasteiger partial charge in [0.2, 0.25) is 5.88 Å². The molecule has 0 aliphatic carbocycles. The Morgan fingerprint density at radius 1 is 1.33 bits per heavy atom. The van der Waals surface area contributed by atoms with Crippen LogP contribution in [0.5, 0.6) is 5.88 Å². The summed E-state index contributed by atoms with van der Waals surface area (Å²) in [4.78, 5) is 0. The van der Waals surface area contributed by atoms with Crippen LogP contribution in [0.3, 0.4) is 0 Å². The highest BCUT2D eigenvalue weighted by molar-refractivity contribution is 5.28. The Morgan fingerprint density at radius 2 is 2.13 bits per heavy atom. The molecule has 0 spiro atoms. The van der Waals surface area contributed by atoms with Crippen LogP contribution in [0, 0.1) is 5.92 Å². The van der Waals surface area contributed by atoms with Gasteiger partial charge in [-0.15, -0.1) is 0 Å². The van der Waals surface area contributed by atoms with E-state index < -0.39 is 0 Å². The number of hydrogen-bond donors (Lipinski definition) is 0. The zero-order chi connectivity index (χ0) is 10.8. The lowest BCUT2D eigenvalue weighted by Gasteiger charge is -2.16. The van der Waals surface area contributed by atoms with Crippen LogP contribution in [0.1, 0.15) is 45.1 Å². The summed E-state index contributed by atoms with van der Waals surface area (Å²) in [7, 11) is 0. The highest BCUT2D eigenvalue weighted by atomic mass is 16.5. The highest BCUT2D eigenvalue weighted by Crippen LogP contribution is 2.32. The van der Waals surface area contributed by atoms with Crippen molar-refractivity contribution in [2.75, 3.05) is 6.61 Å². The van der Waals surface area contributed by atoms with Gasteiger partial charge in [-0.3, -0.25) is 0 Å². The lowest BCUT2D eigenvalue weighted by atomic mass is 9.92. The van der Waals surface area contributed by atoms with Gasteiger partial charge in [0.15, 0.2) is 0 Å². The van der Waals surface area contributed by atoms with Crippen LogP contribution < -0.4 is 4.74 Å². The molecule has 84 valence electrons. The first-order valence-corrected chi connectivity index (χ1v) is 5.88. The molecule has 1 aromatic rings. The quantitative estimate of drug-likeness (QED) is 0.747. The summed E-state index contributed by atoms with van der Waals surface area (Å²) >= 11 is 0. The predicted octanol–water partition coefficient (Wildman–Crippen LogP) is 2.82. The number of fused-ring (bicyclic) bond motifs is 1. The third-order valence-corrected chi connectivity index (χ3v) is 3.31. The molecule has 0 radical (unpaired) electrons. The lowest BCUT2D eigenvalue weighted by molar-refractivity contribution is 0.296. The summed E-state index contributed by atoms with van der Waals surface area (Å²) in [6.07, 6.45) is 4.29. The van der Waals surface area contributed by atoms with Crippen molar-refractivity contribution in [3.8, 4) is 5.88 Å². The van der Waals surface area contributed by atoms with E-state index in [2.05, 4.69) is 25.9 Å². The average molecular weight is 208 g/mol. The van der Waals surface area contributed by atoms with Crippen LogP contribution in [-0.4, -0.2) is 16.4 Å². The van der Waals surface area contributed by atoms with Crippen molar-refractivity contribution < 1.29 is 4.74 Å². The van der Waals surface area contributed by atoms with Crippen LogP contribution in [0.15, 0.2) is 6.20 Å². The average Bonchev–Trinajstić information content (AvgIpc) is 2.46. The molecule has 0 N–H and O–H groups in total. The molecule has 0 aromatic carbocycles. The first-order valence-electron chi connectivity index (χ1n) is 5.88. The molecule has 0 bridgehead atoms. The molecule has 15 heavy (non-hydrogen) atoms. The molecule has 0 amide bonds. The van der Waals surface area contributed by atoms with Gasteiger partial charge in [-0.05, 0) is 24.7 Å². The fraction of sp³-hybridized carbons (Fsp3) is 0.750. The predicted molar refractivity (Wildman–Crippen MR) is 60.2 cm³/mol. The van der Waals surface area contributed by atoms with Crippen LogP contribution >= 0.6 is 0 Å². The zero-order valence-electron chi connectivity index (χ0n) is 9.86. The number of ether oxygens (including phenoxy) is 1. The van der Waals surface area contributed by atoms with E-state index in [0.29, 0.717) is 11.8 Å². The van der Waals surface area contributed by atoms with Crippen molar-refractivity contribution in [1.82, 2.24) is 9.78 Å². The molecule has 1 unspecified atom stereocenters. The first kappa shape index (κ1) is 10.5. The Bertz CT molecular complexity index is 330. The molecule has 1 aliphatic heterocycles. The topological polar surface area (TPSA) is 27.1 Å². The van der Waals surface area contributed by atoms with Gasteiger partial charge in [0.25, 0.3) is 0 Å². The Hall–Kier alpha value is -0.990. The first-order chi connectivity index (χ1) is 7.20. The molecule has 1 atom stereocenters. The molecule has 0 fully saturated rings. The second kappa shape index (κ2) is 4.25. The van der Waals surface area contributed by atoms with Gasteiger partial charge < -0.3 is 4.74 Å². The normalized spacial score (nSPS) is 18.1. The molecule has 2 rings (SSSR count). The van der Waals surface area contributed by atoms with Gasteiger partial charge in [0.1, 0.15) is 0 Å². The summed E-state index contributed by atoms with van der Waals surface area (Å²) in [5.41, 5.74) is 1.27. The van der Waals surface area contributed by atoms with E-state index in [1.165, 1.54) is 12.0 Å². The smallest absolute Gasteiger partial charge is 0.215 e. The van der Waals surface area contributed by atoms with Crippen molar-refractivity contribution in [2.24, 2.45) is 5.92 Å². The largest absolute Gasteiger partial charge is 0.478 e. The maximum absolute atomic E-state index is 5.79. The fourth-order valence-corrected chi connectivity index (χ4v) is 1.91. The molecular formula is C12H20N2O. The van der Waals surface area contributed by atoms with Gasteiger partial charge in [0, 0.05) is 12.1 Å². The lowest BCUT2D eigenvalue weighted by Crippen LogP contribution is -2.06. The molecule has 1 aromatic heterocycles. The number of aromatic nitrogens is 2. The number of aryl methyl sites for hydroxylation is 1. The second-order valence-electron chi connectivity index (χ2n) is 4.72. The van der Waals surface area contributed by atoms with Crippen LogP contribution in [0.4, 0.5) is 0 Å².